The molecule has 0 unspecified atom stereocenters. The van der Waals surface area contributed by atoms with Gasteiger partial charge >= 0.3 is 0 Å². The standard InChI is InChI=1S/C55H36O/c1-55(2)47-27-15-14-26-44(47)52-45(32-46-51-36-19-7-6-18-34(36)28-31-48(51)56-54(46)53(52)55)50-41-24-12-10-22-39(41)49(40-23-11-13-25-42(40)50)43-30-29-35(33-16-4-3-5-17-33)37-20-8-9-21-38(37)43/h3-32H,1-2H3. The smallest absolute Gasteiger partial charge is 0.140 e. The van der Waals surface area contributed by atoms with Crippen LogP contribution >= 0.6 is 0 Å². The average molecular weight is 713 g/mol. The summed E-state index contributed by atoms with van der Waals surface area (Å²) in [4.78, 5) is 0. The molecule has 0 fully saturated rings. The topological polar surface area (TPSA) is 13.1 Å². The summed E-state index contributed by atoms with van der Waals surface area (Å²) in [5.74, 6) is 0. The summed E-state index contributed by atoms with van der Waals surface area (Å²) in [6, 6.07) is 67.0. The van der Waals surface area contributed by atoms with E-state index in [1.165, 1.54) is 109 Å². The van der Waals surface area contributed by atoms with Crippen LogP contribution in [0.2, 0.25) is 0 Å². The van der Waals surface area contributed by atoms with Gasteiger partial charge in [-0.25, -0.2) is 0 Å². The second kappa shape index (κ2) is 11.5. The molecule has 1 aliphatic carbocycles. The van der Waals surface area contributed by atoms with Crippen LogP contribution in [0, 0.1) is 0 Å². The minimum atomic E-state index is -0.269. The third-order valence-electron chi connectivity index (χ3n) is 12.6. The van der Waals surface area contributed by atoms with E-state index in [-0.39, 0.29) is 5.41 Å². The zero-order chi connectivity index (χ0) is 37.1. The quantitative estimate of drug-likeness (QED) is 0.166. The van der Waals surface area contributed by atoms with Gasteiger partial charge in [-0.05, 0) is 105 Å². The molecule has 1 aromatic heterocycles. The largest absolute Gasteiger partial charge is 0.456 e. The molecule has 1 heterocycles. The van der Waals surface area contributed by atoms with E-state index in [9.17, 15) is 0 Å². The molecule has 0 saturated carbocycles. The predicted octanol–water partition coefficient (Wildman–Crippen LogP) is 15.5. The molecule has 0 aliphatic heterocycles. The summed E-state index contributed by atoms with van der Waals surface area (Å²) in [6.07, 6.45) is 0. The van der Waals surface area contributed by atoms with Crippen molar-refractivity contribution in [3.63, 3.8) is 0 Å². The van der Waals surface area contributed by atoms with Gasteiger partial charge in [0, 0.05) is 21.8 Å². The Hall–Kier alpha value is -6.96. The van der Waals surface area contributed by atoms with Crippen LogP contribution in [0.1, 0.15) is 25.0 Å². The number of furan rings is 1. The molecule has 0 amide bonds. The van der Waals surface area contributed by atoms with Crippen LogP contribution in [0.15, 0.2) is 186 Å². The zero-order valence-corrected chi connectivity index (χ0v) is 31.2. The molecule has 1 aliphatic rings. The highest BCUT2D eigenvalue weighted by atomic mass is 16.3. The van der Waals surface area contributed by atoms with E-state index < -0.39 is 0 Å². The van der Waals surface area contributed by atoms with Crippen molar-refractivity contribution in [3.05, 3.63) is 193 Å². The lowest BCUT2D eigenvalue weighted by atomic mass is 9.79. The molecule has 56 heavy (non-hydrogen) atoms. The molecule has 0 N–H and O–H groups in total. The molecule has 262 valence electrons. The van der Waals surface area contributed by atoms with Crippen LogP contribution in [0.3, 0.4) is 0 Å². The fourth-order valence-corrected chi connectivity index (χ4v) is 10.2. The number of hydrogen-bond donors (Lipinski definition) is 0. The molecule has 1 nitrogen and oxygen atoms in total. The maximum Gasteiger partial charge on any atom is 0.140 e. The summed E-state index contributed by atoms with van der Waals surface area (Å²) in [5.41, 5.74) is 14.4. The molecular formula is C55H36O. The van der Waals surface area contributed by atoms with Crippen LogP contribution in [0.4, 0.5) is 0 Å². The maximum atomic E-state index is 7.00. The summed E-state index contributed by atoms with van der Waals surface area (Å²) < 4.78 is 7.00. The number of benzene rings is 10. The molecule has 0 atom stereocenters. The van der Waals surface area contributed by atoms with Gasteiger partial charge in [0.1, 0.15) is 11.2 Å². The Morgan fingerprint density at radius 1 is 0.375 bits per heavy atom. The van der Waals surface area contributed by atoms with Crippen molar-refractivity contribution >= 4 is 65.0 Å². The second-order valence-corrected chi connectivity index (χ2v) is 15.9. The third-order valence-corrected chi connectivity index (χ3v) is 12.6. The third kappa shape index (κ3) is 4.20. The highest BCUT2D eigenvalue weighted by molar-refractivity contribution is 6.28. The van der Waals surface area contributed by atoms with Gasteiger partial charge < -0.3 is 4.42 Å². The van der Waals surface area contributed by atoms with E-state index in [4.69, 9.17) is 4.42 Å². The molecule has 1 heteroatoms. The van der Waals surface area contributed by atoms with Crippen molar-refractivity contribution in [1.29, 1.82) is 0 Å². The Morgan fingerprint density at radius 2 is 0.911 bits per heavy atom. The van der Waals surface area contributed by atoms with Crippen molar-refractivity contribution < 1.29 is 4.42 Å². The summed E-state index contributed by atoms with van der Waals surface area (Å²) in [6.45, 7) is 4.74. The van der Waals surface area contributed by atoms with Crippen LogP contribution in [-0.4, -0.2) is 0 Å². The zero-order valence-electron chi connectivity index (χ0n) is 31.2. The normalized spacial score (nSPS) is 13.3. The van der Waals surface area contributed by atoms with Crippen LogP contribution in [-0.2, 0) is 5.41 Å². The number of fused-ring (bicyclic) bond motifs is 12. The van der Waals surface area contributed by atoms with Crippen molar-refractivity contribution in [3.8, 4) is 44.5 Å². The molecular weight excluding hydrogens is 677 g/mol. The lowest BCUT2D eigenvalue weighted by Crippen LogP contribution is -2.15. The van der Waals surface area contributed by atoms with Gasteiger partial charge in [-0.3, -0.25) is 0 Å². The first-order valence-corrected chi connectivity index (χ1v) is 19.6. The lowest BCUT2D eigenvalue weighted by molar-refractivity contribution is 0.620. The monoisotopic (exact) mass is 712 g/mol. The molecule has 0 spiro atoms. The van der Waals surface area contributed by atoms with Crippen LogP contribution in [0.25, 0.3) is 110 Å². The first kappa shape index (κ1) is 31.4. The Bertz CT molecular complexity index is 3380. The first-order valence-electron chi connectivity index (χ1n) is 19.6. The summed E-state index contributed by atoms with van der Waals surface area (Å²) in [7, 11) is 0. The number of rotatable bonds is 3. The highest BCUT2D eigenvalue weighted by Crippen LogP contribution is 2.58. The van der Waals surface area contributed by atoms with E-state index in [1.807, 2.05) is 0 Å². The van der Waals surface area contributed by atoms with Crippen LogP contribution < -0.4 is 0 Å². The lowest BCUT2D eigenvalue weighted by Gasteiger charge is -2.23. The predicted molar refractivity (Wildman–Crippen MR) is 238 cm³/mol. The van der Waals surface area contributed by atoms with Gasteiger partial charge in [0.05, 0.1) is 0 Å². The molecule has 0 bridgehead atoms. The minimum Gasteiger partial charge on any atom is -0.456 e. The summed E-state index contributed by atoms with van der Waals surface area (Å²) in [5, 5.41) is 12.3. The summed E-state index contributed by atoms with van der Waals surface area (Å²) >= 11 is 0. The van der Waals surface area contributed by atoms with E-state index in [0.717, 1.165) is 11.2 Å². The Morgan fingerprint density at radius 3 is 1.61 bits per heavy atom. The van der Waals surface area contributed by atoms with Gasteiger partial charge in [0.15, 0.2) is 0 Å². The van der Waals surface area contributed by atoms with Gasteiger partial charge in [0.2, 0.25) is 0 Å². The Balaban J connectivity index is 1.25. The van der Waals surface area contributed by atoms with Crippen molar-refractivity contribution in [2.24, 2.45) is 0 Å². The van der Waals surface area contributed by atoms with Gasteiger partial charge in [-0.15, -0.1) is 0 Å². The minimum absolute atomic E-state index is 0.269. The molecule has 10 aromatic carbocycles. The number of hydrogen-bond acceptors (Lipinski definition) is 1. The van der Waals surface area contributed by atoms with E-state index >= 15 is 0 Å². The van der Waals surface area contributed by atoms with E-state index in [1.54, 1.807) is 0 Å². The molecule has 0 saturated heterocycles. The molecule has 0 radical (unpaired) electrons. The molecule has 11 aromatic rings. The SMILES string of the molecule is CC1(C)c2ccccc2-c2c(-c3c4ccccc4c(-c4ccc(-c5ccccc5)c5ccccc45)c4ccccc34)cc3c(oc4ccc5ccccc5c43)c21. The molecule has 12 rings (SSSR count). The van der Waals surface area contributed by atoms with Gasteiger partial charge in [-0.1, -0.05) is 184 Å². The van der Waals surface area contributed by atoms with Crippen molar-refractivity contribution in [2.45, 2.75) is 19.3 Å². The van der Waals surface area contributed by atoms with Gasteiger partial charge in [-0.2, -0.15) is 0 Å². The van der Waals surface area contributed by atoms with E-state index in [2.05, 4.69) is 196 Å². The fraction of sp³-hybridized carbons (Fsp3) is 0.0545. The van der Waals surface area contributed by atoms with Crippen LogP contribution in [0.5, 0.6) is 0 Å². The second-order valence-electron chi connectivity index (χ2n) is 15.9. The van der Waals surface area contributed by atoms with Crippen molar-refractivity contribution in [2.75, 3.05) is 0 Å². The van der Waals surface area contributed by atoms with Gasteiger partial charge in [0.25, 0.3) is 0 Å². The maximum absolute atomic E-state index is 7.00. The Kier molecular flexibility index (Phi) is 6.46. The average Bonchev–Trinajstić information content (AvgIpc) is 3.74. The Labute approximate surface area is 325 Å². The highest BCUT2D eigenvalue weighted by Gasteiger charge is 2.41. The first-order chi connectivity index (χ1) is 27.6. The van der Waals surface area contributed by atoms with E-state index in [0.29, 0.717) is 0 Å². The fourth-order valence-electron chi connectivity index (χ4n) is 10.2. The van der Waals surface area contributed by atoms with Crippen molar-refractivity contribution in [1.82, 2.24) is 0 Å².